The number of rotatable bonds is 2. The molecule has 1 aromatic carbocycles. The fraction of sp³-hybridized carbons (Fsp3) is 0.571. The molecule has 1 heterocycles. The quantitative estimate of drug-likeness (QED) is 0.869. The lowest BCUT2D eigenvalue weighted by atomic mass is 10.0. The zero-order valence-electron chi connectivity index (χ0n) is 10.8. The van der Waals surface area contributed by atoms with Crippen LogP contribution in [0, 0.1) is 0 Å². The van der Waals surface area contributed by atoms with E-state index in [-0.39, 0.29) is 0 Å². The van der Waals surface area contributed by atoms with Gasteiger partial charge in [-0.15, -0.1) is 0 Å². The summed E-state index contributed by atoms with van der Waals surface area (Å²) >= 11 is 6.39. The van der Waals surface area contributed by atoms with Gasteiger partial charge in [0.05, 0.1) is 10.7 Å². The molecule has 0 unspecified atom stereocenters. The molecule has 1 saturated heterocycles. The van der Waals surface area contributed by atoms with E-state index in [2.05, 4.69) is 49.2 Å². The summed E-state index contributed by atoms with van der Waals surface area (Å²) in [5, 5.41) is 4.33. The number of hydrogen-bond acceptors (Lipinski definition) is 2. The molecule has 0 bridgehead atoms. The van der Waals surface area contributed by atoms with E-state index in [0.717, 1.165) is 24.7 Å². The highest BCUT2D eigenvalue weighted by molar-refractivity contribution is 6.33. The van der Waals surface area contributed by atoms with E-state index in [1.165, 1.54) is 11.3 Å². The van der Waals surface area contributed by atoms with E-state index < -0.39 is 0 Å². The topological polar surface area (TPSA) is 15.3 Å². The minimum Gasteiger partial charge on any atom is -0.368 e. The van der Waals surface area contributed by atoms with Crippen molar-refractivity contribution >= 4 is 17.3 Å². The Hall–Kier alpha value is -0.730. The van der Waals surface area contributed by atoms with Gasteiger partial charge in [0.2, 0.25) is 0 Å². The van der Waals surface area contributed by atoms with Crippen molar-refractivity contribution in [3.05, 3.63) is 28.8 Å². The first-order chi connectivity index (χ1) is 8.08. The van der Waals surface area contributed by atoms with Crippen molar-refractivity contribution in [1.82, 2.24) is 5.32 Å². The van der Waals surface area contributed by atoms with Crippen LogP contribution >= 0.6 is 11.6 Å². The van der Waals surface area contributed by atoms with Gasteiger partial charge in [0.1, 0.15) is 0 Å². The molecule has 17 heavy (non-hydrogen) atoms. The largest absolute Gasteiger partial charge is 0.368 e. The van der Waals surface area contributed by atoms with Gasteiger partial charge in [-0.25, -0.2) is 0 Å². The molecule has 0 aliphatic carbocycles. The lowest BCUT2D eigenvalue weighted by Crippen LogP contribution is -2.49. The Labute approximate surface area is 109 Å². The second-order valence-corrected chi connectivity index (χ2v) is 5.57. The number of piperazine rings is 1. The maximum absolute atomic E-state index is 6.39. The summed E-state index contributed by atoms with van der Waals surface area (Å²) in [4.78, 5) is 2.37. The summed E-state index contributed by atoms with van der Waals surface area (Å²) in [7, 11) is 0. The van der Waals surface area contributed by atoms with Crippen molar-refractivity contribution in [2.75, 3.05) is 24.5 Å². The molecule has 2 nitrogen and oxygen atoms in total. The van der Waals surface area contributed by atoms with Crippen LogP contribution in [-0.4, -0.2) is 25.7 Å². The predicted molar refractivity (Wildman–Crippen MR) is 75.2 cm³/mol. The highest BCUT2D eigenvalue weighted by atomic mass is 35.5. The Balaban J connectivity index is 2.21. The predicted octanol–water partition coefficient (Wildman–Crippen LogP) is 3.26. The Morgan fingerprint density at radius 1 is 1.41 bits per heavy atom. The number of benzene rings is 1. The molecule has 1 aromatic rings. The van der Waals surface area contributed by atoms with Gasteiger partial charge in [-0.05, 0) is 30.5 Å². The van der Waals surface area contributed by atoms with Crippen LogP contribution in [0.15, 0.2) is 18.2 Å². The Morgan fingerprint density at radius 3 is 2.76 bits per heavy atom. The molecule has 0 spiro atoms. The number of nitrogens with zero attached hydrogens (tertiary/aromatic N) is 1. The molecule has 1 fully saturated rings. The third-order valence-corrected chi connectivity index (χ3v) is 3.65. The van der Waals surface area contributed by atoms with Crippen molar-refractivity contribution in [2.24, 2.45) is 0 Å². The van der Waals surface area contributed by atoms with Crippen LogP contribution in [0.1, 0.15) is 32.3 Å². The monoisotopic (exact) mass is 252 g/mol. The van der Waals surface area contributed by atoms with Crippen LogP contribution in [-0.2, 0) is 0 Å². The van der Waals surface area contributed by atoms with Gasteiger partial charge in [-0.3, -0.25) is 0 Å². The minimum absolute atomic E-state index is 0.531. The number of anilines is 1. The molecule has 0 amide bonds. The molecule has 0 saturated carbocycles. The molecule has 1 atom stereocenters. The molecule has 0 radical (unpaired) electrons. The molecule has 2 rings (SSSR count). The van der Waals surface area contributed by atoms with Gasteiger partial charge in [-0.2, -0.15) is 0 Å². The lowest BCUT2D eigenvalue weighted by Gasteiger charge is -2.34. The number of nitrogens with one attached hydrogen (secondary N) is 1. The van der Waals surface area contributed by atoms with Crippen molar-refractivity contribution < 1.29 is 0 Å². The molecule has 0 aromatic heterocycles. The van der Waals surface area contributed by atoms with Crippen LogP contribution in [0.25, 0.3) is 0 Å². The van der Waals surface area contributed by atoms with Crippen LogP contribution in [0.4, 0.5) is 5.69 Å². The fourth-order valence-corrected chi connectivity index (χ4v) is 2.60. The van der Waals surface area contributed by atoms with E-state index >= 15 is 0 Å². The van der Waals surface area contributed by atoms with Crippen LogP contribution < -0.4 is 10.2 Å². The number of hydrogen-bond donors (Lipinski definition) is 1. The van der Waals surface area contributed by atoms with Crippen molar-refractivity contribution in [1.29, 1.82) is 0 Å². The second kappa shape index (κ2) is 5.28. The second-order valence-electron chi connectivity index (χ2n) is 5.17. The third kappa shape index (κ3) is 2.93. The molecule has 1 aliphatic rings. The molecular formula is C14H21ClN2. The first-order valence-electron chi connectivity index (χ1n) is 6.35. The summed E-state index contributed by atoms with van der Waals surface area (Å²) in [6, 6.07) is 6.99. The standard InChI is InChI=1S/C14H21ClN2/c1-10(2)12-4-5-14(13(15)8-12)17-7-6-16-11(3)9-17/h4-5,8,10-11,16H,6-7,9H2,1-3H3/t11-/m0/s1. The smallest absolute Gasteiger partial charge is 0.0642 e. The third-order valence-electron chi connectivity index (χ3n) is 3.35. The Bertz CT molecular complexity index is 390. The molecule has 1 aliphatic heterocycles. The van der Waals surface area contributed by atoms with Crippen LogP contribution in [0.2, 0.25) is 5.02 Å². The van der Waals surface area contributed by atoms with E-state index in [9.17, 15) is 0 Å². The van der Waals surface area contributed by atoms with Crippen LogP contribution in [0.5, 0.6) is 0 Å². The van der Waals surface area contributed by atoms with Crippen molar-refractivity contribution in [3.63, 3.8) is 0 Å². The molecular weight excluding hydrogens is 232 g/mol. The van der Waals surface area contributed by atoms with Gasteiger partial charge in [0.15, 0.2) is 0 Å². The van der Waals surface area contributed by atoms with Crippen molar-refractivity contribution in [3.8, 4) is 0 Å². The summed E-state index contributed by atoms with van der Waals surface area (Å²) in [6.07, 6.45) is 0. The molecule has 1 N–H and O–H groups in total. The van der Waals surface area contributed by atoms with Crippen molar-refractivity contribution in [2.45, 2.75) is 32.7 Å². The first kappa shape index (κ1) is 12.7. The highest BCUT2D eigenvalue weighted by Gasteiger charge is 2.18. The van der Waals surface area contributed by atoms with Gasteiger partial charge >= 0.3 is 0 Å². The zero-order valence-corrected chi connectivity index (χ0v) is 11.6. The van der Waals surface area contributed by atoms with Gasteiger partial charge in [-0.1, -0.05) is 31.5 Å². The summed E-state index contributed by atoms with van der Waals surface area (Å²) < 4.78 is 0. The Kier molecular flexibility index (Phi) is 3.95. The first-order valence-corrected chi connectivity index (χ1v) is 6.73. The van der Waals surface area contributed by atoms with Crippen LogP contribution in [0.3, 0.4) is 0 Å². The van der Waals surface area contributed by atoms with E-state index in [4.69, 9.17) is 11.6 Å². The maximum atomic E-state index is 6.39. The van der Waals surface area contributed by atoms with Gasteiger partial charge in [0.25, 0.3) is 0 Å². The minimum atomic E-state index is 0.531. The summed E-state index contributed by atoms with van der Waals surface area (Å²) in [6.45, 7) is 9.69. The zero-order chi connectivity index (χ0) is 12.4. The maximum Gasteiger partial charge on any atom is 0.0642 e. The Morgan fingerprint density at radius 2 is 2.18 bits per heavy atom. The lowest BCUT2D eigenvalue weighted by molar-refractivity contribution is 0.485. The van der Waals surface area contributed by atoms with Gasteiger partial charge in [0, 0.05) is 25.7 Å². The average molecular weight is 253 g/mol. The van der Waals surface area contributed by atoms with Gasteiger partial charge < -0.3 is 10.2 Å². The highest BCUT2D eigenvalue weighted by Crippen LogP contribution is 2.30. The fourth-order valence-electron chi connectivity index (χ4n) is 2.29. The van der Waals surface area contributed by atoms with E-state index in [1.807, 2.05) is 0 Å². The number of halogens is 1. The molecule has 94 valence electrons. The average Bonchev–Trinajstić information content (AvgIpc) is 2.28. The normalized spacial score (nSPS) is 21.0. The van der Waals surface area contributed by atoms with E-state index in [0.29, 0.717) is 12.0 Å². The summed E-state index contributed by atoms with van der Waals surface area (Å²) in [5.74, 6) is 0.531. The van der Waals surface area contributed by atoms with E-state index in [1.54, 1.807) is 0 Å². The summed E-state index contributed by atoms with van der Waals surface area (Å²) in [5.41, 5.74) is 2.48. The molecule has 3 heteroatoms. The SMILES string of the molecule is CC(C)c1ccc(N2CCN[C@@H](C)C2)c(Cl)c1.